The maximum absolute atomic E-state index is 11.2. The van der Waals surface area contributed by atoms with Gasteiger partial charge in [0.05, 0.1) is 6.61 Å². The van der Waals surface area contributed by atoms with E-state index in [1.165, 1.54) is 0 Å². The van der Waals surface area contributed by atoms with Gasteiger partial charge in [0.25, 0.3) is 0 Å². The summed E-state index contributed by atoms with van der Waals surface area (Å²) in [6.45, 7) is 4.22. The second-order valence-electron chi connectivity index (χ2n) is 2.88. The second kappa shape index (κ2) is 5.11. The van der Waals surface area contributed by atoms with Gasteiger partial charge in [0.15, 0.2) is 0 Å². The fraction of sp³-hybridized carbons (Fsp3) is 0.875. The van der Waals surface area contributed by atoms with E-state index in [9.17, 15) is 4.79 Å². The van der Waals surface area contributed by atoms with Gasteiger partial charge in [-0.05, 0) is 20.3 Å². The van der Waals surface area contributed by atoms with E-state index in [0.29, 0.717) is 19.6 Å². The first-order chi connectivity index (χ1) is 5.54. The Morgan fingerprint density at radius 3 is 2.58 bits per heavy atom. The van der Waals surface area contributed by atoms with Crippen LogP contribution in [0.4, 0.5) is 0 Å². The molecule has 0 aliphatic rings. The number of nitrogens with two attached hydrogens (primary N) is 1. The second-order valence-corrected chi connectivity index (χ2v) is 2.88. The van der Waals surface area contributed by atoms with E-state index in [1.807, 2.05) is 0 Å². The fourth-order valence-corrected chi connectivity index (χ4v) is 0.712. The zero-order valence-corrected chi connectivity index (χ0v) is 7.92. The summed E-state index contributed by atoms with van der Waals surface area (Å²) < 4.78 is 9.60. The Morgan fingerprint density at radius 1 is 1.58 bits per heavy atom. The molecule has 0 aromatic rings. The Labute approximate surface area is 73.0 Å². The van der Waals surface area contributed by atoms with Gasteiger partial charge in [-0.3, -0.25) is 4.79 Å². The van der Waals surface area contributed by atoms with Crippen LogP contribution in [0.2, 0.25) is 0 Å². The predicted molar refractivity (Wildman–Crippen MR) is 45.7 cm³/mol. The summed E-state index contributed by atoms with van der Waals surface area (Å²) in [4.78, 5) is 11.2. The molecule has 0 saturated heterocycles. The molecule has 0 aromatic carbocycles. The molecule has 0 rings (SSSR count). The van der Waals surface area contributed by atoms with Crippen LogP contribution >= 0.6 is 0 Å². The van der Waals surface area contributed by atoms with Crippen molar-refractivity contribution in [1.82, 2.24) is 0 Å². The van der Waals surface area contributed by atoms with Gasteiger partial charge in [0.1, 0.15) is 5.54 Å². The number of esters is 1. The van der Waals surface area contributed by atoms with Crippen molar-refractivity contribution in [3.05, 3.63) is 0 Å². The van der Waals surface area contributed by atoms with Crippen molar-refractivity contribution >= 4 is 5.97 Å². The largest absolute Gasteiger partial charge is 0.465 e. The SMILES string of the molecule is CCOC(=O)C(C)(N)CCOC. The lowest BCUT2D eigenvalue weighted by atomic mass is 10.0. The fourth-order valence-electron chi connectivity index (χ4n) is 0.712. The van der Waals surface area contributed by atoms with Gasteiger partial charge in [-0.2, -0.15) is 0 Å². The Hall–Kier alpha value is -0.610. The number of methoxy groups -OCH3 is 1. The summed E-state index contributed by atoms with van der Waals surface area (Å²) in [6, 6.07) is 0. The highest BCUT2D eigenvalue weighted by molar-refractivity contribution is 5.79. The molecule has 72 valence electrons. The average molecular weight is 175 g/mol. The molecule has 1 atom stereocenters. The van der Waals surface area contributed by atoms with Crippen LogP contribution in [-0.4, -0.2) is 31.8 Å². The Kier molecular flexibility index (Phi) is 4.85. The lowest BCUT2D eigenvalue weighted by Gasteiger charge is -2.21. The molecule has 0 aliphatic heterocycles. The molecule has 12 heavy (non-hydrogen) atoms. The van der Waals surface area contributed by atoms with Gasteiger partial charge in [-0.15, -0.1) is 0 Å². The molecular weight excluding hydrogens is 158 g/mol. The van der Waals surface area contributed by atoms with E-state index in [2.05, 4.69) is 0 Å². The van der Waals surface area contributed by atoms with Crippen LogP contribution in [0.15, 0.2) is 0 Å². The summed E-state index contributed by atoms with van der Waals surface area (Å²) in [5.41, 5.74) is 4.75. The molecular formula is C8H17NO3. The minimum absolute atomic E-state index is 0.360. The van der Waals surface area contributed by atoms with Gasteiger partial charge in [-0.25, -0.2) is 0 Å². The third-order valence-corrected chi connectivity index (χ3v) is 1.57. The van der Waals surface area contributed by atoms with E-state index < -0.39 is 5.54 Å². The molecule has 0 fully saturated rings. The highest BCUT2D eigenvalue weighted by atomic mass is 16.5. The van der Waals surface area contributed by atoms with Gasteiger partial charge in [0, 0.05) is 13.7 Å². The van der Waals surface area contributed by atoms with E-state index >= 15 is 0 Å². The molecule has 4 heteroatoms. The van der Waals surface area contributed by atoms with Gasteiger partial charge in [0.2, 0.25) is 0 Å². The topological polar surface area (TPSA) is 61.5 Å². The summed E-state index contributed by atoms with van der Waals surface area (Å²) in [6.07, 6.45) is 0.475. The molecule has 0 aromatic heterocycles. The molecule has 0 bridgehead atoms. The van der Waals surface area contributed by atoms with Crippen LogP contribution in [0.25, 0.3) is 0 Å². The standard InChI is InChI=1S/C8H17NO3/c1-4-12-7(10)8(2,9)5-6-11-3/h4-6,9H2,1-3H3. The predicted octanol–water partition coefficient (Wildman–Crippen LogP) is 0.303. The number of carbonyl (C=O) groups is 1. The van der Waals surface area contributed by atoms with Crippen LogP contribution in [0.1, 0.15) is 20.3 Å². The number of hydrogen-bond donors (Lipinski definition) is 1. The molecule has 0 spiro atoms. The lowest BCUT2D eigenvalue weighted by Crippen LogP contribution is -2.46. The van der Waals surface area contributed by atoms with Crippen molar-refractivity contribution in [3.63, 3.8) is 0 Å². The van der Waals surface area contributed by atoms with Gasteiger partial charge in [-0.1, -0.05) is 0 Å². The van der Waals surface area contributed by atoms with Crippen LogP contribution < -0.4 is 5.73 Å². The molecule has 0 amide bonds. The molecule has 0 heterocycles. The number of carbonyl (C=O) groups excluding carboxylic acids is 1. The van der Waals surface area contributed by atoms with Crippen molar-refractivity contribution in [3.8, 4) is 0 Å². The molecule has 1 unspecified atom stereocenters. The summed E-state index contributed by atoms with van der Waals surface area (Å²) >= 11 is 0. The Bertz CT molecular complexity index is 145. The molecule has 0 aliphatic carbocycles. The smallest absolute Gasteiger partial charge is 0.325 e. The number of hydrogen-bond acceptors (Lipinski definition) is 4. The van der Waals surface area contributed by atoms with Gasteiger partial charge < -0.3 is 15.2 Å². The van der Waals surface area contributed by atoms with Crippen LogP contribution in [0.3, 0.4) is 0 Å². The number of rotatable bonds is 5. The zero-order chi connectivity index (χ0) is 9.61. The maximum Gasteiger partial charge on any atom is 0.325 e. The molecule has 0 saturated carbocycles. The summed E-state index contributed by atoms with van der Waals surface area (Å²) in [7, 11) is 1.57. The maximum atomic E-state index is 11.2. The van der Waals surface area contributed by atoms with Crippen molar-refractivity contribution < 1.29 is 14.3 Å². The van der Waals surface area contributed by atoms with Crippen LogP contribution in [-0.2, 0) is 14.3 Å². The van der Waals surface area contributed by atoms with Gasteiger partial charge >= 0.3 is 5.97 Å². The molecule has 2 N–H and O–H groups in total. The first kappa shape index (κ1) is 11.4. The van der Waals surface area contributed by atoms with Crippen LogP contribution in [0, 0.1) is 0 Å². The third kappa shape index (κ3) is 3.69. The monoisotopic (exact) mass is 175 g/mol. The van der Waals surface area contributed by atoms with E-state index in [-0.39, 0.29) is 5.97 Å². The summed E-state index contributed by atoms with van der Waals surface area (Å²) in [5, 5.41) is 0. The Balaban J connectivity index is 3.90. The summed E-state index contributed by atoms with van der Waals surface area (Å²) in [5.74, 6) is -0.373. The molecule has 0 radical (unpaired) electrons. The van der Waals surface area contributed by atoms with Crippen molar-refractivity contribution in [2.24, 2.45) is 5.73 Å². The van der Waals surface area contributed by atoms with Crippen LogP contribution in [0.5, 0.6) is 0 Å². The third-order valence-electron chi connectivity index (χ3n) is 1.57. The lowest BCUT2D eigenvalue weighted by molar-refractivity contribution is -0.149. The van der Waals surface area contributed by atoms with E-state index in [0.717, 1.165) is 0 Å². The minimum Gasteiger partial charge on any atom is -0.465 e. The van der Waals surface area contributed by atoms with Crippen molar-refractivity contribution in [2.45, 2.75) is 25.8 Å². The average Bonchev–Trinajstić information content (AvgIpc) is 2.01. The van der Waals surface area contributed by atoms with Crippen molar-refractivity contribution in [1.29, 1.82) is 0 Å². The normalized spacial score (nSPS) is 15.3. The quantitative estimate of drug-likeness (QED) is 0.610. The first-order valence-corrected chi connectivity index (χ1v) is 3.99. The number of ether oxygens (including phenoxy) is 2. The van der Waals surface area contributed by atoms with E-state index in [1.54, 1.807) is 21.0 Å². The van der Waals surface area contributed by atoms with Crippen molar-refractivity contribution in [2.75, 3.05) is 20.3 Å². The highest BCUT2D eigenvalue weighted by Crippen LogP contribution is 2.07. The zero-order valence-electron chi connectivity index (χ0n) is 7.92. The highest BCUT2D eigenvalue weighted by Gasteiger charge is 2.29. The van der Waals surface area contributed by atoms with E-state index in [4.69, 9.17) is 15.2 Å². The Morgan fingerprint density at radius 2 is 2.17 bits per heavy atom. The molecule has 4 nitrogen and oxygen atoms in total. The minimum atomic E-state index is -0.925. The first-order valence-electron chi connectivity index (χ1n) is 3.99.